The van der Waals surface area contributed by atoms with Gasteiger partial charge >= 0.3 is 0 Å². The SMILES string of the molecule is Cc1ccc(S(=O)(=O)c2ccccc2C(=O)N2CCN(Cc3c[nH]cn3)c3ccccc3C2)cc1. The Morgan fingerprint density at radius 2 is 1.71 bits per heavy atom. The normalized spacial score (nSPS) is 13.9. The Hall–Kier alpha value is -3.91. The molecule has 1 aliphatic rings. The first kappa shape index (κ1) is 22.9. The van der Waals surface area contributed by atoms with Crippen LogP contribution in [0.1, 0.15) is 27.2 Å². The number of benzene rings is 3. The number of imidazole rings is 1. The summed E-state index contributed by atoms with van der Waals surface area (Å²) >= 11 is 0. The van der Waals surface area contributed by atoms with E-state index in [1.807, 2.05) is 37.4 Å². The summed E-state index contributed by atoms with van der Waals surface area (Å²) in [6, 6.07) is 21.2. The Balaban J connectivity index is 1.47. The van der Waals surface area contributed by atoms with E-state index in [0.29, 0.717) is 26.2 Å². The van der Waals surface area contributed by atoms with Crippen molar-refractivity contribution in [3.05, 3.63) is 108 Å². The van der Waals surface area contributed by atoms with Gasteiger partial charge in [-0.05, 0) is 42.8 Å². The predicted molar refractivity (Wildman–Crippen MR) is 134 cm³/mol. The molecule has 0 radical (unpaired) electrons. The molecule has 2 heterocycles. The number of hydrogen-bond donors (Lipinski definition) is 1. The van der Waals surface area contributed by atoms with Crippen molar-refractivity contribution in [3.8, 4) is 0 Å². The monoisotopic (exact) mass is 486 g/mol. The van der Waals surface area contributed by atoms with Gasteiger partial charge in [0.15, 0.2) is 0 Å². The molecular weight excluding hydrogens is 460 g/mol. The highest BCUT2D eigenvalue weighted by Gasteiger charge is 2.29. The highest BCUT2D eigenvalue weighted by Crippen LogP contribution is 2.29. The van der Waals surface area contributed by atoms with Gasteiger partial charge in [0.2, 0.25) is 9.84 Å². The van der Waals surface area contributed by atoms with Crippen molar-refractivity contribution in [2.45, 2.75) is 29.8 Å². The van der Waals surface area contributed by atoms with Crippen LogP contribution in [-0.4, -0.2) is 42.3 Å². The minimum atomic E-state index is -3.85. The fourth-order valence-electron chi connectivity index (χ4n) is 4.40. The number of fused-ring (bicyclic) bond motifs is 1. The number of nitrogens with one attached hydrogen (secondary N) is 1. The second-order valence-electron chi connectivity index (χ2n) is 8.65. The highest BCUT2D eigenvalue weighted by molar-refractivity contribution is 7.91. The molecule has 1 aromatic heterocycles. The zero-order valence-corrected chi connectivity index (χ0v) is 20.2. The van der Waals surface area contributed by atoms with Gasteiger partial charge < -0.3 is 14.8 Å². The number of aromatic nitrogens is 2. The van der Waals surface area contributed by atoms with Crippen molar-refractivity contribution in [3.63, 3.8) is 0 Å². The third-order valence-electron chi connectivity index (χ3n) is 6.27. The standard InChI is InChI=1S/C27H26N4O3S/c1-20-10-12-23(13-11-20)35(33,34)26-9-5-3-7-24(26)27(32)31-15-14-30(18-22-16-28-19-29-22)25-8-4-2-6-21(25)17-31/h2-13,16,19H,14-15,17-18H2,1H3,(H,28,29). The van der Waals surface area contributed by atoms with Gasteiger partial charge in [0, 0.05) is 31.5 Å². The first-order valence-electron chi connectivity index (χ1n) is 11.4. The highest BCUT2D eigenvalue weighted by atomic mass is 32.2. The van der Waals surface area contributed by atoms with Gasteiger partial charge in [-0.15, -0.1) is 0 Å². The van der Waals surface area contributed by atoms with Crippen LogP contribution in [0.15, 0.2) is 95.1 Å². The van der Waals surface area contributed by atoms with Crippen LogP contribution in [0.4, 0.5) is 5.69 Å². The average molecular weight is 487 g/mol. The number of anilines is 1. The quantitative estimate of drug-likeness (QED) is 0.457. The van der Waals surface area contributed by atoms with Gasteiger partial charge in [-0.2, -0.15) is 0 Å². The number of carbonyl (C=O) groups is 1. The Bertz CT molecular complexity index is 1450. The van der Waals surface area contributed by atoms with Crippen LogP contribution in [0.5, 0.6) is 0 Å². The molecule has 178 valence electrons. The molecule has 3 aromatic carbocycles. The number of H-pyrrole nitrogens is 1. The molecule has 8 heteroatoms. The Labute approximate surface area is 205 Å². The van der Waals surface area contributed by atoms with E-state index in [0.717, 1.165) is 22.5 Å². The van der Waals surface area contributed by atoms with E-state index in [1.165, 1.54) is 6.07 Å². The molecular formula is C27H26N4O3S. The van der Waals surface area contributed by atoms with E-state index in [1.54, 1.807) is 53.7 Å². The van der Waals surface area contributed by atoms with Crippen LogP contribution in [-0.2, 0) is 22.9 Å². The van der Waals surface area contributed by atoms with E-state index in [2.05, 4.69) is 14.9 Å². The lowest BCUT2D eigenvalue weighted by Crippen LogP contribution is -2.36. The molecule has 0 saturated heterocycles. The van der Waals surface area contributed by atoms with E-state index >= 15 is 0 Å². The summed E-state index contributed by atoms with van der Waals surface area (Å²) < 4.78 is 26.9. The van der Waals surface area contributed by atoms with Crippen LogP contribution in [0.3, 0.4) is 0 Å². The first-order valence-corrected chi connectivity index (χ1v) is 12.9. The summed E-state index contributed by atoms with van der Waals surface area (Å²) in [5.74, 6) is -0.298. The van der Waals surface area contributed by atoms with E-state index in [4.69, 9.17) is 0 Å². The van der Waals surface area contributed by atoms with Gasteiger partial charge in [0.25, 0.3) is 5.91 Å². The van der Waals surface area contributed by atoms with Gasteiger partial charge in [-0.3, -0.25) is 4.79 Å². The number of amides is 1. The molecule has 0 aliphatic carbocycles. The average Bonchev–Trinajstić information content (AvgIpc) is 3.32. The third-order valence-corrected chi connectivity index (χ3v) is 8.09. The number of aryl methyl sites for hydroxylation is 1. The zero-order valence-electron chi connectivity index (χ0n) is 19.4. The molecule has 1 amide bonds. The fourth-order valence-corrected chi connectivity index (χ4v) is 5.85. The lowest BCUT2D eigenvalue weighted by atomic mass is 10.1. The number of para-hydroxylation sites is 1. The number of nitrogens with zero attached hydrogens (tertiary/aromatic N) is 3. The largest absolute Gasteiger partial charge is 0.364 e. The lowest BCUT2D eigenvalue weighted by molar-refractivity contribution is 0.0747. The van der Waals surface area contributed by atoms with E-state index in [-0.39, 0.29) is 21.3 Å². The van der Waals surface area contributed by atoms with Crippen molar-refractivity contribution in [1.29, 1.82) is 0 Å². The maximum absolute atomic E-state index is 13.8. The maximum Gasteiger partial charge on any atom is 0.255 e. The van der Waals surface area contributed by atoms with Crippen LogP contribution < -0.4 is 4.90 Å². The van der Waals surface area contributed by atoms with E-state index < -0.39 is 9.84 Å². The number of aromatic amines is 1. The summed E-state index contributed by atoms with van der Waals surface area (Å²) in [6.07, 6.45) is 3.52. The summed E-state index contributed by atoms with van der Waals surface area (Å²) in [5, 5.41) is 0. The van der Waals surface area contributed by atoms with Crippen molar-refractivity contribution in [2.24, 2.45) is 0 Å². The first-order chi connectivity index (χ1) is 16.9. The van der Waals surface area contributed by atoms with Gasteiger partial charge in [-0.25, -0.2) is 13.4 Å². The topological polar surface area (TPSA) is 86.4 Å². The third kappa shape index (κ3) is 4.57. The molecule has 0 spiro atoms. The molecule has 0 atom stereocenters. The number of rotatable bonds is 5. The van der Waals surface area contributed by atoms with Gasteiger partial charge in [0.1, 0.15) is 0 Å². The summed E-state index contributed by atoms with van der Waals surface area (Å²) in [7, 11) is -3.85. The fraction of sp³-hybridized carbons (Fsp3) is 0.185. The smallest absolute Gasteiger partial charge is 0.255 e. The maximum atomic E-state index is 13.8. The minimum Gasteiger partial charge on any atom is -0.364 e. The number of sulfone groups is 1. The van der Waals surface area contributed by atoms with Gasteiger partial charge in [0.05, 0.1) is 33.9 Å². The van der Waals surface area contributed by atoms with Gasteiger partial charge in [-0.1, -0.05) is 48.0 Å². The molecule has 7 nitrogen and oxygen atoms in total. The Morgan fingerprint density at radius 3 is 2.49 bits per heavy atom. The van der Waals surface area contributed by atoms with Crippen LogP contribution >= 0.6 is 0 Å². The summed E-state index contributed by atoms with van der Waals surface area (Å²) in [4.78, 5) is 25.2. The van der Waals surface area contributed by atoms with Crippen molar-refractivity contribution in [2.75, 3.05) is 18.0 Å². The molecule has 0 fully saturated rings. The molecule has 5 rings (SSSR count). The second-order valence-corrected chi connectivity index (χ2v) is 10.6. The predicted octanol–water partition coefficient (Wildman–Crippen LogP) is 4.21. The zero-order chi connectivity index (χ0) is 24.4. The van der Waals surface area contributed by atoms with Crippen LogP contribution in [0.2, 0.25) is 0 Å². The second kappa shape index (κ2) is 9.38. The molecule has 0 bridgehead atoms. The number of hydrogen-bond acceptors (Lipinski definition) is 5. The molecule has 1 N–H and O–H groups in total. The molecule has 35 heavy (non-hydrogen) atoms. The summed E-state index contributed by atoms with van der Waals surface area (Å²) in [5.41, 5.74) is 4.12. The van der Waals surface area contributed by atoms with Crippen LogP contribution in [0, 0.1) is 6.92 Å². The lowest BCUT2D eigenvalue weighted by Gasteiger charge is -2.24. The van der Waals surface area contributed by atoms with E-state index in [9.17, 15) is 13.2 Å². The number of carbonyl (C=O) groups excluding carboxylic acids is 1. The Morgan fingerprint density at radius 1 is 0.971 bits per heavy atom. The molecule has 0 unspecified atom stereocenters. The molecule has 4 aromatic rings. The Kier molecular flexibility index (Phi) is 6.13. The van der Waals surface area contributed by atoms with Crippen molar-refractivity contribution < 1.29 is 13.2 Å². The minimum absolute atomic E-state index is 0.0276. The molecule has 1 aliphatic heterocycles. The molecule has 0 saturated carbocycles. The summed E-state index contributed by atoms with van der Waals surface area (Å²) in [6.45, 7) is 3.96. The van der Waals surface area contributed by atoms with Crippen molar-refractivity contribution >= 4 is 21.4 Å². The van der Waals surface area contributed by atoms with Crippen LogP contribution in [0.25, 0.3) is 0 Å². The van der Waals surface area contributed by atoms with Crippen molar-refractivity contribution in [1.82, 2.24) is 14.9 Å².